The molecule has 2 N–H and O–H groups in total. The molecular formula is C12H19NO. The lowest BCUT2D eigenvalue weighted by molar-refractivity contribution is -0.118. The molecule has 0 atom stereocenters. The number of hydrogen-bond acceptors (Lipinski definition) is 1. The smallest absolute Gasteiger partial charge is 0.217 e. The molecule has 0 aliphatic rings. The van der Waals surface area contributed by atoms with Gasteiger partial charge in [0.15, 0.2) is 0 Å². The summed E-state index contributed by atoms with van der Waals surface area (Å²) in [5, 5.41) is 0. The normalized spacial score (nSPS) is 8.71. The second kappa shape index (κ2) is 8.30. The van der Waals surface area contributed by atoms with E-state index in [9.17, 15) is 4.79 Å². The van der Waals surface area contributed by atoms with E-state index in [0.717, 1.165) is 12.8 Å². The lowest BCUT2D eigenvalue weighted by Crippen LogP contribution is -2.08. The molecule has 1 aromatic rings. The van der Waals surface area contributed by atoms with Gasteiger partial charge in [0.1, 0.15) is 0 Å². The number of primary amides is 1. The highest BCUT2D eigenvalue weighted by Crippen LogP contribution is 1.96. The van der Waals surface area contributed by atoms with E-state index >= 15 is 0 Å². The van der Waals surface area contributed by atoms with E-state index in [0.29, 0.717) is 6.42 Å². The zero-order valence-electron chi connectivity index (χ0n) is 8.99. The van der Waals surface area contributed by atoms with E-state index in [-0.39, 0.29) is 5.91 Å². The minimum Gasteiger partial charge on any atom is -0.370 e. The number of aryl methyl sites for hydroxylation is 1. The second-order valence-corrected chi connectivity index (χ2v) is 3.06. The molecule has 0 unspecified atom stereocenters. The van der Waals surface area contributed by atoms with Crippen molar-refractivity contribution in [1.82, 2.24) is 0 Å². The van der Waals surface area contributed by atoms with Gasteiger partial charge in [0.2, 0.25) is 5.91 Å². The van der Waals surface area contributed by atoms with Crippen molar-refractivity contribution in [3.8, 4) is 0 Å². The Labute approximate surface area is 86.1 Å². The van der Waals surface area contributed by atoms with Crippen LogP contribution in [0.1, 0.15) is 32.3 Å². The van der Waals surface area contributed by atoms with Crippen molar-refractivity contribution in [3.63, 3.8) is 0 Å². The fraction of sp³-hybridized carbons (Fsp3) is 0.417. The Bertz CT molecular complexity index is 244. The van der Waals surface area contributed by atoms with Crippen LogP contribution in [0.4, 0.5) is 0 Å². The highest BCUT2D eigenvalue weighted by molar-refractivity contribution is 5.73. The molecule has 1 rings (SSSR count). The zero-order chi connectivity index (χ0) is 10.8. The molecule has 0 fully saturated rings. The van der Waals surface area contributed by atoms with Crippen LogP contribution < -0.4 is 5.73 Å². The second-order valence-electron chi connectivity index (χ2n) is 3.06. The highest BCUT2D eigenvalue weighted by atomic mass is 16.1. The highest BCUT2D eigenvalue weighted by Gasteiger charge is 1.84. The number of amides is 1. The monoisotopic (exact) mass is 193 g/mol. The minimum atomic E-state index is -0.211. The fourth-order valence-electron chi connectivity index (χ4n) is 0.960. The zero-order valence-corrected chi connectivity index (χ0v) is 8.99. The van der Waals surface area contributed by atoms with Crippen LogP contribution in [0, 0.1) is 0 Å². The average molecular weight is 193 g/mol. The van der Waals surface area contributed by atoms with Gasteiger partial charge in [-0.2, -0.15) is 0 Å². The van der Waals surface area contributed by atoms with Crippen molar-refractivity contribution in [2.75, 3.05) is 0 Å². The predicted octanol–water partition coefficient (Wildman–Crippen LogP) is 2.52. The van der Waals surface area contributed by atoms with E-state index in [4.69, 9.17) is 5.73 Å². The van der Waals surface area contributed by atoms with Crippen LogP contribution in [0.15, 0.2) is 30.3 Å². The molecule has 78 valence electrons. The summed E-state index contributed by atoms with van der Waals surface area (Å²) in [6.45, 7) is 4.08. The maximum Gasteiger partial charge on any atom is 0.217 e. The summed E-state index contributed by atoms with van der Waals surface area (Å²) >= 11 is 0. The van der Waals surface area contributed by atoms with E-state index < -0.39 is 0 Å². The molecule has 0 bridgehead atoms. The Balaban J connectivity index is 0.000000255. The molecule has 2 nitrogen and oxygen atoms in total. The van der Waals surface area contributed by atoms with E-state index in [1.165, 1.54) is 5.56 Å². The summed E-state index contributed by atoms with van der Waals surface area (Å²) < 4.78 is 0. The van der Waals surface area contributed by atoms with Crippen molar-refractivity contribution in [2.24, 2.45) is 5.73 Å². The molecule has 0 aliphatic carbocycles. The number of carbonyl (C=O) groups is 1. The molecule has 0 heterocycles. The molecule has 0 saturated carbocycles. The first-order chi connectivity index (χ1) is 6.70. The Kier molecular flexibility index (Phi) is 7.52. The third-order valence-electron chi connectivity index (χ3n) is 1.75. The van der Waals surface area contributed by atoms with Gasteiger partial charge in [-0.25, -0.2) is 0 Å². The SMILES string of the molecule is CCCC(N)=O.CCc1ccccc1. The van der Waals surface area contributed by atoms with Gasteiger partial charge in [0, 0.05) is 6.42 Å². The van der Waals surface area contributed by atoms with Crippen molar-refractivity contribution in [3.05, 3.63) is 35.9 Å². The first-order valence-corrected chi connectivity index (χ1v) is 5.02. The molecule has 0 saturated heterocycles. The van der Waals surface area contributed by atoms with Crippen molar-refractivity contribution in [1.29, 1.82) is 0 Å². The van der Waals surface area contributed by atoms with Crippen LogP contribution in [-0.4, -0.2) is 5.91 Å². The number of benzene rings is 1. The minimum absolute atomic E-state index is 0.211. The summed E-state index contributed by atoms with van der Waals surface area (Å²) in [4.78, 5) is 9.82. The summed E-state index contributed by atoms with van der Waals surface area (Å²) in [5.74, 6) is -0.211. The maximum atomic E-state index is 9.82. The van der Waals surface area contributed by atoms with Gasteiger partial charge in [0.05, 0.1) is 0 Å². The van der Waals surface area contributed by atoms with E-state index in [1.807, 2.05) is 13.0 Å². The Morgan fingerprint density at radius 1 is 1.21 bits per heavy atom. The number of carbonyl (C=O) groups excluding carboxylic acids is 1. The summed E-state index contributed by atoms with van der Waals surface area (Å²) in [6.07, 6.45) is 2.51. The van der Waals surface area contributed by atoms with Gasteiger partial charge in [-0.05, 0) is 18.4 Å². The van der Waals surface area contributed by atoms with Gasteiger partial charge in [0.25, 0.3) is 0 Å². The quantitative estimate of drug-likeness (QED) is 0.787. The third kappa shape index (κ3) is 7.35. The molecule has 2 heteroatoms. The van der Waals surface area contributed by atoms with Crippen LogP contribution in [0.3, 0.4) is 0 Å². The van der Waals surface area contributed by atoms with Gasteiger partial charge in [-0.15, -0.1) is 0 Å². The van der Waals surface area contributed by atoms with Crippen LogP contribution in [0.2, 0.25) is 0 Å². The first-order valence-electron chi connectivity index (χ1n) is 5.02. The van der Waals surface area contributed by atoms with Crippen LogP contribution in [-0.2, 0) is 11.2 Å². The maximum absolute atomic E-state index is 9.82. The summed E-state index contributed by atoms with van der Waals surface area (Å²) in [6, 6.07) is 10.5. The van der Waals surface area contributed by atoms with Gasteiger partial charge in [-0.3, -0.25) is 4.79 Å². The van der Waals surface area contributed by atoms with E-state index in [1.54, 1.807) is 0 Å². The van der Waals surface area contributed by atoms with Crippen LogP contribution in [0.5, 0.6) is 0 Å². The standard InChI is InChI=1S/C8H10.C4H9NO/c1-2-8-6-4-3-5-7-8;1-2-3-4(5)6/h3-7H,2H2,1H3;2-3H2,1H3,(H2,5,6). The molecule has 1 amide bonds. The molecule has 1 aromatic carbocycles. The molecule has 0 spiro atoms. The lowest BCUT2D eigenvalue weighted by Gasteiger charge is -1.89. The number of hydrogen-bond donors (Lipinski definition) is 1. The topological polar surface area (TPSA) is 43.1 Å². The molecule has 0 aliphatic heterocycles. The summed E-state index contributed by atoms with van der Waals surface area (Å²) in [7, 11) is 0. The van der Waals surface area contributed by atoms with Gasteiger partial charge in [-0.1, -0.05) is 44.2 Å². The Morgan fingerprint density at radius 2 is 1.79 bits per heavy atom. The lowest BCUT2D eigenvalue weighted by atomic mass is 10.2. The first kappa shape index (κ1) is 12.7. The molecule has 0 aromatic heterocycles. The van der Waals surface area contributed by atoms with Crippen LogP contribution in [0.25, 0.3) is 0 Å². The molecule has 0 radical (unpaired) electrons. The molecular weight excluding hydrogens is 174 g/mol. The predicted molar refractivity (Wildman–Crippen MR) is 59.9 cm³/mol. The largest absolute Gasteiger partial charge is 0.370 e. The molecule has 14 heavy (non-hydrogen) atoms. The number of nitrogens with two attached hydrogens (primary N) is 1. The Morgan fingerprint density at radius 3 is 2.00 bits per heavy atom. The van der Waals surface area contributed by atoms with Crippen molar-refractivity contribution in [2.45, 2.75) is 33.1 Å². The fourth-order valence-corrected chi connectivity index (χ4v) is 0.960. The van der Waals surface area contributed by atoms with E-state index in [2.05, 4.69) is 31.2 Å². The summed E-state index contributed by atoms with van der Waals surface area (Å²) in [5.41, 5.74) is 6.17. The Hall–Kier alpha value is -1.31. The van der Waals surface area contributed by atoms with Crippen molar-refractivity contribution < 1.29 is 4.79 Å². The van der Waals surface area contributed by atoms with Crippen molar-refractivity contribution >= 4 is 5.91 Å². The third-order valence-corrected chi connectivity index (χ3v) is 1.75. The van der Waals surface area contributed by atoms with Gasteiger partial charge >= 0.3 is 0 Å². The average Bonchev–Trinajstić information content (AvgIpc) is 2.20. The van der Waals surface area contributed by atoms with Gasteiger partial charge < -0.3 is 5.73 Å². The number of rotatable bonds is 3. The van der Waals surface area contributed by atoms with Crippen LogP contribution >= 0.6 is 0 Å².